The van der Waals surface area contributed by atoms with Crippen LogP contribution < -0.4 is 5.73 Å². The van der Waals surface area contributed by atoms with E-state index in [0.29, 0.717) is 12.5 Å². The molecule has 1 aliphatic rings. The summed E-state index contributed by atoms with van der Waals surface area (Å²) in [5.74, 6) is 0.474. The topological polar surface area (TPSA) is 35.2 Å². The second-order valence-electron chi connectivity index (χ2n) is 5.46. The van der Waals surface area contributed by atoms with Gasteiger partial charge < -0.3 is 10.5 Å². The maximum absolute atomic E-state index is 12.3. The highest BCUT2D eigenvalue weighted by Gasteiger charge is 2.42. The predicted molar refractivity (Wildman–Crippen MR) is 65.3 cm³/mol. The van der Waals surface area contributed by atoms with Gasteiger partial charge in [0.1, 0.15) is 0 Å². The number of rotatable bonds is 5. The van der Waals surface area contributed by atoms with Gasteiger partial charge >= 0.3 is 6.18 Å². The average molecular weight is 267 g/mol. The zero-order chi connectivity index (χ0) is 13.8. The number of hydrogen-bond donors (Lipinski definition) is 1. The Hall–Kier alpha value is -0.290. The van der Waals surface area contributed by atoms with E-state index in [9.17, 15) is 13.2 Å². The molecular weight excluding hydrogens is 243 g/mol. The van der Waals surface area contributed by atoms with Crippen molar-refractivity contribution >= 4 is 0 Å². The summed E-state index contributed by atoms with van der Waals surface area (Å²) in [6.07, 6.45) is -1.34. The number of nitrogens with two attached hydrogens (primary N) is 1. The Labute approximate surface area is 107 Å². The van der Waals surface area contributed by atoms with E-state index in [1.165, 1.54) is 0 Å². The molecule has 0 radical (unpaired) electrons. The number of halogens is 3. The average Bonchev–Trinajstić information content (AvgIpc) is 2.25. The van der Waals surface area contributed by atoms with Crippen molar-refractivity contribution in [2.24, 2.45) is 11.7 Å². The quantitative estimate of drug-likeness (QED) is 0.825. The van der Waals surface area contributed by atoms with Crippen LogP contribution in [-0.2, 0) is 4.74 Å². The first-order valence-electron chi connectivity index (χ1n) is 6.75. The normalized spacial score (nSPS) is 31.3. The fraction of sp³-hybridized carbons (Fsp3) is 1.00. The van der Waals surface area contributed by atoms with Crippen molar-refractivity contribution < 1.29 is 17.9 Å². The smallest absolute Gasteiger partial charge is 0.374 e. The van der Waals surface area contributed by atoms with Crippen LogP contribution in [0.4, 0.5) is 13.2 Å². The molecule has 1 aliphatic carbocycles. The van der Waals surface area contributed by atoms with Gasteiger partial charge in [-0.05, 0) is 32.1 Å². The van der Waals surface area contributed by atoms with E-state index < -0.39 is 24.2 Å². The van der Waals surface area contributed by atoms with Crippen molar-refractivity contribution in [1.29, 1.82) is 0 Å². The molecule has 0 saturated heterocycles. The fourth-order valence-corrected chi connectivity index (χ4v) is 2.99. The van der Waals surface area contributed by atoms with Crippen molar-refractivity contribution in [2.45, 2.75) is 70.2 Å². The molecule has 0 aromatic heterocycles. The Morgan fingerprint density at radius 1 is 1.44 bits per heavy atom. The van der Waals surface area contributed by atoms with Crippen LogP contribution in [0.15, 0.2) is 0 Å². The highest BCUT2D eigenvalue weighted by Crippen LogP contribution is 2.39. The zero-order valence-electron chi connectivity index (χ0n) is 11.2. The van der Waals surface area contributed by atoms with Crippen LogP contribution >= 0.6 is 0 Å². The van der Waals surface area contributed by atoms with Gasteiger partial charge in [-0.3, -0.25) is 0 Å². The molecule has 0 aromatic rings. The molecule has 2 N–H and O–H groups in total. The Bertz CT molecular complexity index is 253. The third kappa shape index (κ3) is 4.43. The Kier molecular flexibility index (Phi) is 5.46. The molecule has 1 saturated carbocycles. The van der Waals surface area contributed by atoms with Crippen molar-refractivity contribution in [3.8, 4) is 0 Å². The van der Waals surface area contributed by atoms with Crippen LogP contribution in [0.1, 0.15) is 52.4 Å². The molecule has 1 fully saturated rings. The summed E-state index contributed by atoms with van der Waals surface area (Å²) in [5.41, 5.74) is 5.47. The minimum atomic E-state index is -4.13. The molecule has 3 unspecified atom stereocenters. The Morgan fingerprint density at radius 2 is 2.11 bits per heavy atom. The van der Waals surface area contributed by atoms with Gasteiger partial charge in [-0.2, -0.15) is 13.2 Å². The first-order chi connectivity index (χ1) is 8.29. The summed E-state index contributed by atoms with van der Waals surface area (Å²) in [6.45, 7) is 4.49. The monoisotopic (exact) mass is 267 g/mol. The van der Waals surface area contributed by atoms with Crippen LogP contribution in [0.3, 0.4) is 0 Å². The molecule has 0 aliphatic heterocycles. The molecule has 0 heterocycles. The summed E-state index contributed by atoms with van der Waals surface area (Å²) in [7, 11) is 0. The van der Waals surface area contributed by atoms with Crippen molar-refractivity contribution in [1.82, 2.24) is 0 Å². The minimum Gasteiger partial charge on any atom is -0.374 e. The largest absolute Gasteiger partial charge is 0.389 e. The van der Waals surface area contributed by atoms with E-state index in [4.69, 9.17) is 10.5 Å². The minimum absolute atomic E-state index is 0.0454. The lowest BCUT2D eigenvalue weighted by atomic mass is 9.73. The highest BCUT2D eigenvalue weighted by atomic mass is 19.4. The third-order valence-corrected chi connectivity index (χ3v) is 3.84. The van der Waals surface area contributed by atoms with Crippen LogP contribution in [0.5, 0.6) is 0 Å². The van der Waals surface area contributed by atoms with Crippen molar-refractivity contribution in [3.05, 3.63) is 0 Å². The van der Waals surface area contributed by atoms with E-state index in [0.717, 1.165) is 25.7 Å². The second-order valence-corrected chi connectivity index (χ2v) is 5.46. The molecule has 0 bridgehead atoms. The summed E-state index contributed by atoms with van der Waals surface area (Å²) in [6, 6.07) is -0.526. The molecule has 5 heteroatoms. The van der Waals surface area contributed by atoms with E-state index in [2.05, 4.69) is 6.92 Å². The zero-order valence-corrected chi connectivity index (χ0v) is 11.2. The first kappa shape index (κ1) is 15.8. The van der Waals surface area contributed by atoms with E-state index in [1.54, 1.807) is 0 Å². The van der Waals surface area contributed by atoms with Crippen LogP contribution in [-0.4, -0.2) is 24.4 Å². The van der Waals surface area contributed by atoms with Gasteiger partial charge in [-0.1, -0.05) is 19.8 Å². The van der Waals surface area contributed by atoms with Crippen molar-refractivity contribution in [2.75, 3.05) is 6.61 Å². The molecule has 0 aromatic carbocycles. The molecule has 18 heavy (non-hydrogen) atoms. The van der Waals surface area contributed by atoms with E-state index in [-0.39, 0.29) is 6.42 Å². The van der Waals surface area contributed by atoms with Gasteiger partial charge in [0.15, 0.2) is 0 Å². The molecular formula is C13H24F3NO. The fourth-order valence-electron chi connectivity index (χ4n) is 2.99. The molecule has 0 spiro atoms. The van der Waals surface area contributed by atoms with Crippen LogP contribution in [0, 0.1) is 5.92 Å². The third-order valence-electron chi connectivity index (χ3n) is 3.84. The SMILES string of the molecule is CCOC1(C(N)CCC(F)(F)F)CCCC(C)C1. The summed E-state index contributed by atoms with van der Waals surface area (Å²) in [4.78, 5) is 0. The highest BCUT2D eigenvalue weighted by molar-refractivity contribution is 4.95. The van der Waals surface area contributed by atoms with Gasteiger partial charge in [-0.25, -0.2) is 0 Å². The standard InChI is InChI=1S/C13H24F3NO/c1-3-18-12(7-4-5-10(2)9-12)11(17)6-8-13(14,15)16/h10-11H,3-9,17H2,1-2H3. The Balaban J connectivity index is 2.65. The molecule has 2 nitrogen and oxygen atoms in total. The Morgan fingerprint density at radius 3 is 2.61 bits per heavy atom. The van der Waals surface area contributed by atoms with E-state index in [1.807, 2.05) is 6.92 Å². The predicted octanol–water partition coefficient (Wildman–Crippen LogP) is 3.64. The van der Waals surface area contributed by atoms with Crippen LogP contribution in [0.25, 0.3) is 0 Å². The lowest BCUT2D eigenvalue weighted by molar-refractivity contribution is -0.145. The van der Waals surface area contributed by atoms with Gasteiger partial charge in [0.05, 0.1) is 5.60 Å². The number of ether oxygens (including phenoxy) is 1. The van der Waals surface area contributed by atoms with Crippen molar-refractivity contribution in [3.63, 3.8) is 0 Å². The summed E-state index contributed by atoms with van der Waals surface area (Å²) >= 11 is 0. The molecule has 1 rings (SSSR count). The molecule has 0 amide bonds. The second kappa shape index (κ2) is 6.24. The van der Waals surface area contributed by atoms with Gasteiger partial charge in [0.2, 0.25) is 0 Å². The lowest BCUT2D eigenvalue weighted by Crippen LogP contribution is -2.53. The number of hydrogen-bond acceptors (Lipinski definition) is 2. The summed E-state index contributed by atoms with van der Waals surface area (Å²) in [5, 5.41) is 0. The van der Waals surface area contributed by atoms with Gasteiger partial charge in [0.25, 0.3) is 0 Å². The first-order valence-corrected chi connectivity index (χ1v) is 6.75. The lowest BCUT2D eigenvalue weighted by Gasteiger charge is -2.44. The summed E-state index contributed by atoms with van der Waals surface area (Å²) < 4.78 is 42.6. The van der Waals surface area contributed by atoms with Crippen LogP contribution in [0.2, 0.25) is 0 Å². The van der Waals surface area contributed by atoms with Gasteiger partial charge in [0, 0.05) is 19.1 Å². The van der Waals surface area contributed by atoms with E-state index >= 15 is 0 Å². The number of alkyl halides is 3. The maximum atomic E-state index is 12.3. The maximum Gasteiger partial charge on any atom is 0.389 e. The molecule has 3 atom stereocenters. The van der Waals surface area contributed by atoms with Gasteiger partial charge in [-0.15, -0.1) is 0 Å². The molecule has 108 valence electrons.